The first kappa shape index (κ1) is 28.0. The summed E-state index contributed by atoms with van der Waals surface area (Å²) in [6.07, 6.45) is -3.25. The molecule has 0 saturated heterocycles. The van der Waals surface area contributed by atoms with Crippen LogP contribution in [0.5, 0.6) is 0 Å². The van der Waals surface area contributed by atoms with Crippen LogP contribution in [0.25, 0.3) is 5.69 Å². The lowest BCUT2D eigenvalue weighted by Crippen LogP contribution is -2.41. The fourth-order valence-corrected chi connectivity index (χ4v) is 5.69. The Morgan fingerprint density at radius 1 is 1.03 bits per heavy atom. The van der Waals surface area contributed by atoms with Crippen molar-refractivity contribution < 1.29 is 18.0 Å². The van der Waals surface area contributed by atoms with E-state index in [-0.39, 0.29) is 37.5 Å². The van der Waals surface area contributed by atoms with Crippen LogP contribution in [0.15, 0.2) is 73.3 Å². The quantitative estimate of drug-likeness (QED) is 0.152. The van der Waals surface area contributed by atoms with E-state index in [1.807, 2.05) is 6.07 Å². The van der Waals surface area contributed by atoms with Crippen molar-refractivity contribution in [3.63, 3.8) is 0 Å². The number of benzene rings is 3. The van der Waals surface area contributed by atoms with Crippen LogP contribution in [-0.2, 0) is 10.5 Å². The maximum Gasteiger partial charge on any atom is 0.407 e. The summed E-state index contributed by atoms with van der Waals surface area (Å²) in [6, 6.07) is 16.7. The highest BCUT2D eigenvalue weighted by Gasteiger charge is 2.57. The highest BCUT2D eigenvalue weighted by Crippen LogP contribution is 2.55. The van der Waals surface area contributed by atoms with Gasteiger partial charge in [0.2, 0.25) is 0 Å². The number of thioether (sulfide) groups is 1. The molecule has 0 aliphatic heterocycles. The van der Waals surface area contributed by atoms with Crippen LogP contribution in [0.3, 0.4) is 0 Å². The second-order valence-electron chi connectivity index (χ2n) is 8.14. The average Bonchev–Trinajstić information content (AvgIpc) is 3.43. The molecule has 3 aromatic carbocycles. The standard InChI is InChI=1S/C26H16Cl3F3N4OS/c27-20-9-19(10-21(28)24(20)29)25(26(30,31)32,38-13-16-4-2-1-3-5-16)11-23(37)17-6-7-22(18(8-17)12-33)36-15-34-14-35-36/h1-10,14-15H,11,13H2. The smallest absolute Gasteiger partial charge is 0.294 e. The minimum Gasteiger partial charge on any atom is -0.294 e. The molecule has 12 heteroatoms. The third-order valence-electron chi connectivity index (χ3n) is 5.75. The molecule has 1 unspecified atom stereocenters. The summed E-state index contributed by atoms with van der Waals surface area (Å²) < 4.78 is 43.7. The van der Waals surface area contributed by atoms with Crippen LogP contribution >= 0.6 is 46.6 Å². The number of ketones is 1. The Bertz CT molecular complexity index is 1490. The summed E-state index contributed by atoms with van der Waals surface area (Å²) in [5.74, 6) is -0.882. The van der Waals surface area contributed by atoms with Crippen LogP contribution in [0.2, 0.25) is 15.1 Å². The summed E-state index contributed by atoms with van der Waals surface area (Å²) in [7, 11) is 0. The zero-order valence-electron chi connectivity index (χ0n) is 19.2. The normalized spacial score (nSPS) is 13.1. The largest absolute Gasteiger partial charge is 0.407 e. The molecule has 4 rings (SSSR count). The fraction of sp³-hybridized carbons (Fsp3) is 0.154. The Labute approximate surface area is 235 Å². The van der Waals surface area contributed by atoms with Crippen molar-refractivity contribution >= 4 is 52.3 Å². The Morgan fingerprint density at radius 2 is 1.71 bits per heavy atom. The number of halogens is 6. The number of hydrogen-bond donors (Lipinski definition) is 0. The molecule has 0 spiro atoms. The van der Waals surface area contributed by atoms with E-state index in [4.69, 9.17) is 34.8 Å². The molecular weight excluding hydrogens is 580 g/mol. The SMILES string of the molecule is N#Cc1cc(C(=O)CC(SCc2ccccc2)(c2cc(Cl)c(Cl)c(Cl)c2)C(F)(F)F)ccc1-n1cncn1. The number of aromatic nitrogens is 3. The molecule has 0 aliphatic rings. The molecule has 194 valence electrons. The van der Waals surface area contributed by atoms with E-state index >= 15 is 13.2 Å². The number of carbonyl (C=O) groups excluding carboxylic acids is 1. The van der Waals surface area contributed by atoms with Gasteiger partial charge in [0, 0.05) is 17.7 Å². The molecule has 0 bridgehead atoms. The van der Waals surface area contributed by atoms with Crippen LogP contribution in [-0.4, -0.2) is 26.7 Å². The van der Waals surface area contributed by atoms with E-state index in [2.05, 4.69) is 10.1 Å². The number of carbonyl (C=O) groups is 1. The second kappa shape index (κ2) is 11.4. The maximum absolute atomic E-state index is 15.0. The van der Waals surface area contributed by atoms with E-state index in [1.54, 1.807) is 30.3 Å². The van der Waals surface area contributed by atoms with Crippen molar-refractivity contribution in [3.05, 3.63) is 111 Å². The van der Waals surface area contributed by atoms with Crippen molar-refractivity contribution in [3.8, 4) is 11.8 Å². The van der Waals surface area contributed by atoms with Gasteiger partial charge in [-0.3, -0.25) is 4.79 Å². The highest BCUT2D eigenvalue weighted by atomic mass is 35.5. The first-order chi connectivity index (χ1) is 18.1. The summed E-state index contributed by atoms with van der Waals surface area (Å²) in [5.41, 5.74) is 0.643. The van der Waals surface area contributed by atoms with E-state index in [9.17, 15) is 10.1 Å². The van der Waals surface area contributed by atoms with Gasteiger partial charge in [-0.05, 0) is 41.5 Å². The minimum absolute atomic E-state index is 0.0495. The van der Waals surface area contributed by atoms with Crippen LogP contribution in [0.4, 0.5) is 13.2 Å². The van der Waals surface area contributed by atoms with Gasteiger partial charge in [-0.1, -0.05) is 65.1 Å². The number of Topliss-reactive ketones (excluding diaryl/α,β-unsaturated/α-hetero) is 1. The molecule has 1 heterocycles. The Morgan fingerprint density at radius 3 is 2.29 bits per heavy atom. The lowest BCUT2D eigenvalue weighted by molar-refractivity contribution is -0.161. The van der Waals surface area contributed by atoms with E-state index < -0.39 is 23.1 Å². The molecule has 0 aliphatic carbocycles. The number of nitriles is 1. The van der Waals surface area contributed by atoms with Gasteiger partial charge in [0.05, 0.1) is 26.3 Å². The number of rotatable bonds is 8. The molecule has 1 aromatic heterocycles. The maximum atomic E-state index is 15.0. The summed E-state index contributed by atoms with van der Waals surface area (Å²) in [4.78, 5) is 17.3. The van der Waals surface area contributed by atoms with Crippen LogP contribution < -0.4 is 0 Å². The van der Waals surface area contributed by atoms with Gasteiger partial charge in [-0.25, -0.2) is 9.67 Å². The van der Waals surface area contributed by atoms with Crippen molar-refractivity contribution in [2.45, 2.75) is 23.1 Å². The number of hydrogen-bond acceptors (Lipinski definition) is 5. The van der Waals surface area contributed by atoms with Gasteiger partial charge in [0.15, 0.2) is 5.78 Å². The van der Waals surface area contributed by atoms with Gasteiger partial charge >= 0.3 is 6.18 Å². The van der Waals surface area contributed by atoms with Gasteiger partial charge in [-0.2, -0.15) is 23.5 Å². The fourth-order valence-electron chi connectivity index (χ4n) is 3.81. The van der Waals surface area contributed by atoms with Gasteiger partial charge in [0.25, 0.3) is 0 Å². The van der Waals surface area contributed by atoms with Crippen molar-refractivity contribution in [1.29, 1.82) is 5.26 Å². The summed E-state index contributed by atoms with van der Waals surface area (Å²) in [5, 5.41) is 13.1. The van der Waals surface area contributed by atoms with Crippen LogP contribution in [0.1, 0.15) is 33.5 Å². The molecule has 0 N–H and O–H groups in total. The topological polar surface area (TPSA) is 71.6 Å². The predicted octanol–water partition coefficient (Wildman–Crippen LogP) is 8.06. The first-order valence-electron chi connectivity index (χ1n) is 10.9. The lowest BCUT2D eigenvalue weighted by Gasteiger charge is -2.36. The summed E-state index contributed by atoms with van der Waals surface area (Å²) in [6.45, 7) is 0. The van der Waals surface area contributed by atoms with E-state index in [0.29, 0.717) is 23.0 Å². The first-order valence-corrected chi connectivity index (χ1v) is 13.0. The molecule has 0 amide bonds. The molecule has 0 fully saturated rings. The van der Waals surface area contributed by atoms with E-state index in [0.717, 1.165) is 12.1 Å². The van der Waals surface area contributed by atoms with E-state index in [1.165, 1.54) is 35.5 Å². The van der Waals surface area contributed by atoms with Crippen molar-refractivity contribution in [2.75, 3.05) is 0 Å². The average molecular weight is 596 g/mol. The number of alkyl halides is 3. The highest BCUT2D eigenvalue weighted by molar-refractivity contribution is 7.99. The van der Waals surface area contributed by atoms with Gasteiger partial charge < -0.3 is 0 Å². The molecule has 0 saturated carbocycles. The molecular formula is C26H16Cl3F3N4OS. The van der Waals surface area contributed by atoms with Crippen molar-refractivity contribution in [1.82, 2.24) is 14.8 Å². The number of nitrogens with zero attached hydrogens (tertiary/aromatic N) is 4. The predicted molar refractivity (Wildman–Crippen MR) is 142 cm³/mol. The summed E-state index contributed by atoms with van der Waals surface area (Å²) >= 11 is 18.8. The molecule has 5 nitrogen and oxygen atoms in total. The third-order valence-corrected chi connectivity index (χ3v) is 8.53. The van der Waals surface area contributed by atoms with Crippen molar-refractivity contribution in [2.24, 2.45) is 0 Å². The lowest BCUT2D eigenvalue weighted by atomic mass is 9.89. The Balaban J connectivity index is 1.80. The Kier molecular flexibility index (Phi) is 8.38. The second-order valence-corrected chi connectivity index (χ2v) is 10.6. The monoisotopic (exact) mass is 594 g/mol. The van der Waals surface area contributed by atoms with Gasteiger partial charge in [0.1, 0.15) is 23.5 Å². The zero-order valence-corrected chi connectivity index (χ0v) is 22.3. The Hall–Kier alpha value is -3.03. The van der Waals surface area contributed by atoms with Gasteiger partial charge in [-0.15, -0.1) is 11.8 Å². The molecule has 1 atom stereocenters. The minimum atomic E-state index is -4.90. The molecule has 4 aromatic rings. The van der Waals surface area contributed by atoms with Crippen LogP contribution in [0, 0.1) is 11.3 Å². The third kappa shape index (κ3) is 5.69. The molecule has 38 heavy (non-hydrogen) atoms. The molecule has 0 radical (unpaired) electrons. The zero-order chi connectivity index (χ0) is 27.5.